The van der Waals surface area contributed by atoms with E-state index in [4.69, 9.17) is 27.9 Å². The lowest BCUT2D eigenvalue weighted by molar-refractivity contribution is 0.262. The first-order valence-corrected chi connectivity index (χ1v) is 12.8. The molecule has 2 aliphatic rings. The fraction of sp³-hybridized carbons (Fsp3) is 0.393. The zero-order valence-corrected chi connectivity index (χ0v) is 20.9. The molecule has 2 N–H and O–H groups in total. The minimum absolute atomic E-state index is 0.00217. The summed E-state index contributed by atoms with van der Waals surface area (Å²) in [4.78, 5) is 4.46. The van der Waals surface area contributed by atoms with Gasteiger partial charge in [-0.15, -0.1) is 0 Å². The molecule has 1 atom stereocenters. The second-order valence-electron chi connectivity index (χ2n) is 9.42. The number of rotatable bonds is 10. The standard InChI is InChI=1S/C28H30Cl2N2O2/c1-2-18(17-33)23-14-25(29)19(13-26(23)30)15-32-28(10-11-28)24-16-31-12-9-21(24)22-5-3-4-6-27(22)34-20-7-8-20/h3-6,9,12-14,16,18,20,32-33H,2,7-8,10-11,15,17H2,1H3. The predicted molar refractivity (Wildman–Crippen MR) is 138 cm³/mol. The SMILES string of the molecule is CCC(CO)c1cc(Cl)c(CNC2(c3cnccc3-c3ccccc3OC3CC3)CC2)cc1Cl. The minimum atomic E-state index is -0.151. The largest absolute Gasteiger partial charge is 0.490 e. The van der Waals surface area contributed by atoms with Crippen LogP contribution in [0.1, 0.15) is 61.6 Å². The van der Waals surface area contributed by atoms with Crippen molar-refractivity contribution in [3.05, 3.63) is 81.6 Å². The summed E-state index contributed by atoms with van der Waals surface area (Å²) in [6, 6.07) is 14.2. The van der Waals surface area contributed by atoms with Crippen molar-refractivity contribution in [2.24, 2.45) is 0 Å². The first kappa shape index (κ1) is 23.6. The van der Waals surface area contributed by atoms with Crippen LogP contribution < -0.4 is 10.1 Å². The number of ether oxygens (including phenoxy) is 1. The number of nitrogens with zero attached hydrogens (tertiary/aromatic N) is 1. The highest BCUT2D eigenvalue weighted by Gasteiger charge is 2.46. The van der Waals surface area contributed by atoms with Crippen molar-refractivity contribution in [2.75, 3.05) is 6.61 Å². The molecule has 2 aromatic carbocycles. The van der Waals surface area contributed by atoms with E-state index in [1.165, 1.54) is 5.56 Å². The Morgan fingerprint density at radius 1 is 1.12 bits per heavy atom. The number of aliphatic hydroxyl groups excluding tert-OH is 1. The Balaban J connectivity index is 1.40. The zero-order chi connectivity index (χ0) is 23.7. The molecule has 6 heteroatoms. The highest BCUT2D eigenvalue weighted by Crippen LogP contribution is 2.50. The van der Waals surface area contributed by atoms with Gasteiger partial charge in [-0.2, -0.15) is 0 Å². The second-order valence-corrected chi connectivity index (χ2v) is 10.2. The van der Waals surface area contributed by atoms with Gasteiger partial charge in [-0.25, -0.2) is 0 Å². The molecule has 2 aliphatic carbocycles. The Bertz CT molecular complexity index is 1170. The maximum Gasteiger partial charge on any atom is 0.127 e. The van der Waals surface area contributed by atoms with Crippen molar-refractivity contribution < 1.29 is 9.84 Å². The monoisotopic (exact) mass is 496 g/mol. The number of benzene rings is 2. The van der Waals surface area contributed by atoms with Gasteiger partial charge in [-0.3, -0.25) is 4.98 Å². The normalized spacial score (nSPS) is 17.4. The van der Waals surface area contributed by atoms with E-state index in [-0.39, 0.29) is 18.1 Å². The van der Waals surface area contributed by atoms with Crippen molar-refractivity contribution in [3.63, 3.8) is 0 Å². The third kappa shape index (κ3) is 4.83. The number of aromatic nitrogens is 1. The third-order valence-electron chi connectivity index (χ3n) is 7.02. The molecular formula is C28H30Cl2N2O2. The average molecular weight is 497 g/mol. The van der Waals surface area contributed by atoms with Gasteiger partial charge in [0.15, 0.2) is 0 Å². The van der Waals surface area contributed by atoms with Crippen LogP contribution in [0.5, 0.6) is 5.75 Å². The van der Waals surface area contributed by atoms with Crippen LogP contribution in [0.25, 0.3) is 11.1 Å². The number of pyridine rings is 1. The molecule has 2 saturated carbocycles. The maximum absolute atomic E-state index is 9.67. The van der Waals surface area contributed by atoms with E-state index in [1.54, 1.807) is 0 Å². The minimum Gasteiger partial charge on any atom is -0.490 e. The molecule has 3 aromatic rings. The second kappa shape index (κ2) is 9.87. The number of hydrogen-bond acceptors (Lipinski definition) is 4. The van der Waals surface area contributed by atoms with E-state index in [2.05, 4.69) is 34.6 Å². The number of aliphatic hydroxyl groups is 1. The molecule has 0 aliphatic heterocycles. The molecule has 178 valence electrons. The Morgan fingerprint density at radius 3 is 2.62 bits per heavy atom. The summed E-state index contributed by atoms with van der Waals surface area (Å²) < 4.78 is 6.22. The summed E-state index contributed by atoms with van der Waals surface area (Å²) >= 11 is 13.2. The van der Waals surface area contributed by atoms with Crippen LogP contribution >= 0.6 is 23.2 Å². The van der Waals surface area contributed by atoms with Gasteiger partial charge >= 0.3 is 0 Å². The molecule has 0 saturated heterocycles. The van der Waals surface area contributed by atoms with E-state index < -0.39 is 0 Å². The fourth-order valence-electron chi connectivity index (χ4n) is 4.60. The van der Waals surface area contributed by atoms with E-state index in [0.29, 0.717) is 22.7 Å². The highest BCUT2D eigenvalue weighted by atomic mass is 35.5. The Labute approximate surface area is 211 Å². The molecule has 1 heterocycles. The van der Waals surface area contributed by atoms with Crippen molar-refractivity contribution >= 4 is 23.2 Å². The topological polar surface area (TPSA) is 54.4 Å². The van der Waals surface area contributed by atoms with Gasteiger partial charge in [0.25, 0.3) is 0 Å². The van der Waals surface area contributed by atoms with Gasteiger partial charge in [0, 0.05) is 52.6 Å². The first-order chi connectivity index (χ1) is 16.5. The van der Waals surface area contributed by atoms with E-state index in [9.17, 15) is 5.11 Å². The summed E-state index contributed by atoms with van der Waals surface area (Å²) in [6.07, 6.45) is 9.30. The lowest BCUT2D eigenvalue weighted by Gasteiger charge is -2.23. The molecule has 0 spiro atoms. The molecule has 34 heavy (non-hydrogen) atoms. The number of hydrogen-bond donors (Lipinski definition) is 2. The lowest BCUT2D eigenvalue weighted by Crippen LogP contribution is -2.29. The molecule has 4 nitrogen and oxygen atoms in total. The van der Waals surface area contributed by atoms with Crippen LogP contribution in [0.15, 0.2) is 54.9 Å². The molecule has 0 bridgehead atoms. The van der Waals surface area contributed by atoms with Crippen LogP contribution in [0.3, 0.4) is 0 Å². The zero-order valence-electron chi connectivity index (χ0n) is 19.4. The van der Waals surface area contributed by atoms with Gasteiger partial charge in [-0.1, -0.05) is 48.3 Å². The van der Waals surface area contributed by atoms with Gasteiger partial charge < -0.3 is 15.2 Å². The highest BCUT2D eigenvalue weighted by molar-refractivity contribution is 6.34. The van der Waals surface area contributed by atoms with Gasteiger partial charge in [0.2, 0.25) is 0 Å². The number of nitrogens with one attached hydrogen (secondary N) is 1. The van der Waals surface area contributed by atoms with Crippen molar-refractivity contribution in [1.82, 2.24) is 10.3 Å². The fourth-order valence-corrected chi connectivity index (χ4v) is 5.18. The van der Waals surface area contributed by atoms with Crippen molar-refractivity contribution in [3.8, 4) is 16.9 Å². The average Bonchev–Trinajstić information content (AvgIpc) is 3.78. The summed E-state index contributed by atoms with van der Waals surface area (Å²) in [7, 11) is 0. The van der Waals surface area contributed by atoms with Crippen molar-refractivity contribution in [2.45, 2.75) is 63.1 Å². The van der Waals surface area contributed by atoms with E-state index in [0.717, 1.165) is 60.1 Å². The Morgan fingerprint density at radius 2 is 1.91 bits per heavy atom. The molecule has 1 unspecified atom stereocenters. The molecular weight excluding hydrogens is 467 g/mol. The van der Waals surface area contributed by atoms with Crippen LogP contribution in [0, 0.1) is 0 Å². The van der Waals surface area contributed by atoms with Crippen LogP contribution in [0.4, 0.5) is 0 Å². The number of halogens is 2. The third-order valence-corrected chi connectivity index (χ3v) is 7.70. The molecule has 5 rings (SSSR count). The molecule has 1 aromatic heterocycles. The molecule has 0 radical (unpaired) electrons. The van der Waals surface area contributed by atoms with Gasteiger partial charge in [0.05, 0.1) is 6.10 Å². The smallest absolute Gasteiger partial charge is 0.127 e. The summed E-state index contributed by atoms with van der Waals surface area (Å²) in [5, 5.41) is 14.8. The molecule has 2 fully saturated rings. The van der Waals surface area contributed by atoms with Gasteiger partial charge in [-0.05, 0) is 78.6 Å². The summed E-state index contributed by atoms with van der Waals surface area (Å²) in [5.41, 5.74) is 5.17. The van der Waals surface area contributed by atoms with Gasteiger partial charge in [0.1, 0.15) is 5.75 Å². The Kier molecular flexibility index (Phi) is 6.85. The van der Waals surface area contributed by atoms with E-state index in [1.807, 2.05) is 37.5 Å². The Hall–Kier alpha value is -2.11. The van der Waals surface area contributed by atoms with Crippen LogP contribution in [-0.4, -0.2) is 22.8 Å². The van der Waals surface area contributed by atoms with Crippen LogP contribution in [-0.2, 0) is 12.1 Å². The summed E-state index contributed by atoms with van der Waals surface area (Å²) in [6.45, 7) is 2.70. The summed E-state index contributed by atoms with van der Waals surface area (Å²) in [5.74, 6) is 0.936. The quantitative estimate of drug-likeness (QED) is 0.321. The maximum atomic E-state index is 9.67. The predicted octanol–water partition coefficient (Wildman–Crippen LogP) is 6.86. The van der Waals surface area contributed by atoms with E-state index >= 15 is 0 Å². The van der Waals surface area contributed by atoms with Crippen LogP contribution in [0.2, 0.25) is 10.0 Å². The first-order valence-electron chi connectivity index (χ1n) is 12.1. The van der Waals surface area contributed by atoms with Crippen molar-refractivity contribution in [1.29, 1.82) is 0 Å². The molecule has 0 amide bonds. The number of para-hydroxylation sites is 1. The lowest BCUT2D eigenvalue weighted by atomic mass is 9.94.